The zero-order valence-corrected chi connectivity index (χ0v) is 12.1. The molecule has 2 aromatic rings. The summed E-state index contributed by atoms with van der Waals surface area (Å²) in [5, 5.41) is 9.75. The number of H-pyrrole nitrogens is 1. The highest BCUT2D eigenvalue weighted by molar-refractivity contribution is 5.87. The third kappa shape index (κ3) is 1.91. The van der Waals surface area contributed by atoms with E-state index < -0.39 is 0 Å². The average Bonchev–Trinajstić information content (AvgIpc) is 3.21. The van der Waals surface area contributed by atoms with Crippen LogP contribution in [0, 0.1) is 17.2 Å². The van der Waals surface area contributed by atoms with Crippen molar-refractivity contribution in [2.24, 2.45) is 5.92 Å². The molecule has 0 saturated carbocycles. The van der Waals surface area contributed by atoms with Crippen molar-refractivity contribution >= 4 is 22.8 Å². The molecule has 2 aliphatic rings. The minimum atomic E-state index is -0.0497. The first-order valence-electron chi connectivity index (χ1n) is 7.47. The molecule has 7 nitrogen and oxygen atoms in total. The summed E-state index contributed by atoms with van der Waals surface area (Å²) in [6.45, 7) is 2.45. The molecule has 1 amide bonds. The molecular formula is C15H16N6O. The summed E-state index contributed by atoms with van der Waals surface area (Å²) in [6, 6.07) is 4.14. The summed E-state index contributed by atoms with van der Waals surface area (Å²) in [5.74, 6) is 1.34. The molecule has 7 heteroatoms. The highest BCUT2D eigenvalue weighted by Gasteiger charge is 2.43. The highest BCUT2D eigenvalue weighted by atomic mass is 16.2. The Labute approximate surface area is 127 Å². The Morgan fingerprint density at radius 1 is 1.45 bits per heavy atom. The largest absolute Gasteiger partial charge is 0.354 e. The van der Waals surface area contributed by atoms with Crippen molar-refractivity contribution in [1.82, 2.24) is 19.9 Å². The lowest BCUT2D eigenvalue weighted by atomic mass is 10.1. The molecule has 0 aliphatic carbocycles. The van der Waals surface area contributed by atoms with E-state index in [0.717, 1.165) is 42.9 Å². The second-order valence-corrected chi connectivity index (χ2v) is 5.88. The maximum absolute atomic E-state index is 12.1. The maximum Gasteiger partial charge on any atom is 0.237 e. The van der Waals surface area contributed by atoms with Crippen molar-refractivity contribution in [3.8, 4) is 6.07 Å². The van der Waals surface area contributed by atoms with E-state index in [-0.39, 0.29) is 18.4 Å². The number of hydrogen-bond donors (Lipinski definition) is 1. The number of likely N-dealkylation sites (tertiary alicyclic amines) is 1. The molecule has 4 heterocycles. The van der Waals surface area contributed by atoms with E-state index in [1.54, 1.807) is 6.33 Å². The second kappa shape index (κ2) is 4.98. The van der Waals surface area contributed by atoms with E-state index in [2.05, 4.69) is 19.9 Å². The van der Waals surface area contributed by atoms with Gasteiger partial charge in [-0.25, -0.2) is 9.97 Å². The number of nitriles is 1. The summed E-state index contributed by atoms with van der Waals surface area (Å²) < 4.78 is 0. The lowest BCUT2D eigenvalue weighted by Crippen LogP contribution is -2.39. The SMILES string of the molecule is N#CCC(=O)N1CCC2CN(c3ncnc4[nH]ccc34)CC21. The predicted octanol–water partition coefficient (Wildman–Crippen LogP) is 0.909. The van der Waals surface area contributed by atoms with Crippen LogP contribution in [-0.4, -0.2) is 51.4 Å². The van der Waals surface area contributed by atoms with Crippen molar-refractivity contribution in [3.05, 3.63) is 18.6 Å². The molecular weight excluding hydrogens is 280 g/mol. The molecule has 2 aliphatic heterocycles. The number of aromatic amines is 1. The molecule has 2 unspecified atom stereocenters. The van der Waals surface area contributed by atoms with E-state index in [0.29, 0.717) is 5.92 Å². The number of carbonyl (C=O) groups is 1. The minimum Gasteiger partial charge on any atom is -0.354 e. The maximum atomic E-state index is 12.1. The predicted molar refractivity (Wildman–Crippen MR) is 79.9 cm³/mol. The monoisotopic (exact) mass is 296 g/mol. The van der Waals surface area contributed by atoms with Gasteiger partial charge in [0.2, 0.25) is 5.91 Å². The number of rotatable bonds is 2. The van der Waals surface area contributed by atoms with Gasteiger partial charge >= 0.3 is 0 Å². The number of nitrogens with one attached hydrogen (secondary N) is 1. The zero-order valence-electron chi connectivity index (χ0n) is 12.1. The fourth-order valence-corrected chi connectivity index (χ4v) is 3.72. The lowest BCUT2D eigenvalue weighted by Gasteiger charge is -2.24. The summed E-state index contributed by atoms with van der Waals surface area (Å²) in [4.78, 5) is 27.9. The molecule has 22 heavy (non-hydrogen) atoms. The molecule has 2 atom stereocenters. The Morgan fingerprint density at radius 3 is 3.23 bits per heavy atom. The number of nitrogens with zero attached hydrogens (tertiary/aromatic N) is 5. The Kier molecular flexibility index (Phi) is 2.96. The standard InChI is InChI=1S/C15H16N6O/c16-4-1-13(22)21-6-3-10-7-20(8-12(10)21)15-11-2-5-17-14(11)18-9-19-15/h2,5,9-10,12H,1,3,6-8H2,(H,17,18,19). The van der Waals surface area contributed by atoms with Crippen molar-refractivity contribution in [2.75, 3.05) is 24.5 Å². The van der Waals surface area contributed by atoms with Crippen LogP contribution in [0.25, 0.3) is 11.0 Å². The summed E-state index contributed by atoms with van der Waals surface area (Å²) in [6.07, 6.45) is 4.40. The summed E-state index contributed by atoms with van der Waals surface area (Å²) >= 11 is 0. The van der Waals surface area contributed by atoms with Crippen LogP contribution >= 0.6 is 0 Å². The van der Waals surface area contributed by atoms with Crippen LogP contribution in [0.1, 0.15) is 12.8 Å². The van der Waals surface area contributed by atoms with Crippen LogP contribution in [0.2, 0.25) is 0 Å². The highest BCUT2D eigenvalue weighted by Crippen LogP contribution is 2.35. The number of carbonyl (C=O) groups excluding carboxylic acids is 1. The Balaban J connectivity index is 1.59. The third-order valence-electron chi connectivity index (χ3n) is 4.73. The molecule has 0 bridgehead atoms. The van der Waals surface area contributed by atoms with Crippen molar-refractivity contribution in [3.63, 3.8) is 0 Å². The van der Waals surface area contributed by atoms with Crippen LogP contribution in [0.15, 0.2) is 18.6 Å². The van der Waals surface area contributed by atoms with Gasteiger partial charge < -0.3 is 14.8 Å². The number of aromatic nitrogens is 3. The normalized spacial score (nSPS) is 23.8. The van der Waals surface area contributed by atoms with Gasteiger partial charge in [-0.2, -0.15) is 5.26 Å². The van der Waals surface area contributed by atoms with Gasteiger partial charge in [-0.1, -0.05) is 0 Å². The number of anilines is 1. The molecule has 2 saturated heterocycles. The van der Waals surface area contributed by atoms with E-state index in [1.165, 1.54) is 0 Å². The topological polar surface area (TPSA) is 88.9 Å². The van der Waals surface area contributed by atoms with Crippen LogP contribution < -0.4 is 4.90 Å². The van der Waals surface area contributed by atoms with Crippen LogP contribution in [0.4, 0.5) is 5.82 Å². The number of hydrogen-bond acceptors (Lipinski definition) is 5. The first-order valence-corrected chi connectivity index (χ1v) is 7.47. The fraction of sp³-hybridized carbons (Fsp3) is 0.467. The van der Waals surface area contributed by atoms with Gasteiger partial charge in [0.05, 0.1) is 17.5 Å². The van der Waals surface area contributed by atoms with Crippen molar-refractivity contribution < 1.29 is 4.79 Å². The molecule has 2 aromatic heterocycles. The number of amides is 1. The van der Waals surface area contributed by atoms with Crippen molar-refractivity contribution in [2.45, 2.75) is 18.9 Å². The van der Waals surface area contributed by atoms with Gasteiger partial charge in [0.1, 0.15) is 24.2 Å². The lowest BCUT2D eigenvalue weighted by molar-refractivity contribution is -0.130. The van der Waals surface area contributed by atoms with E-state index in [1.807, 2.05) is 23.2 Å². The van der Waals surface area contributed by atoms with Gasteiger partial charge in [-0.05, 0) is 12.5 Å². The van der Waals surface area contributed by atoms with E-state index in [9.17, 15) is 4.79 Å². The van der Waals surface area contributed by atoms with E-state index in [4.69, 9.17) is 5.26 Å². The molecule has 0 radical (unpaired) electrons. The van der Waals surface area contributed by atoms with Crippen LogP contribution in [-0.2, 0) is 4.79 Å². The van der Waals surface area contributed by atoms with E-state index >= 15 is 0 Å². The minimum absolute atomic E-state index is 0.0290. The van der Waals surface area contributed by atoms with Gasteiger partial charge in [0.15, 0.2) is 0 Å². The van der Waals surface area contributed by atoms with Crippen molar-refractivity contribution in [1.29, 1.82) is 5.26 Å². The molecule has 0 spiro atoms. The quantitative estimate of drug-likeness (QED) is 0.889. The average molecular weight is 296 g/mol. The number of fused-ring (bicyclic) bond motifs is 2. The first kappa shape index (κ1) is 13.1. The molecule has 0 aromatic carbocycles. The summed E-state index contributed by atoms with van der Waals surface area (Å²) in [7, 11) is 0. The van der Waals surface area contributed by atoms with Crippen LogP contribution in [0.5, 0.6) is 0 Å². The zero-order chi connectivity index (χ0) is 15.1. The van der Waals surface area contributed by atoms with Gasteiger partial charge in [0.25, 0.3) is 0 Å². The van der Waals surface area contributed by atoms with Gasteiger partial charge in [0, 0.05) is 31.7 Å². The third-order valence-corrected chi connectivity index (χ3v) is 4.73. The molecule has 2 fully saturated rings. The Morgan fingerprint density at radius 2 is 2.36 bits per heavy atom. The molecule has 112 valence electrons. The fourth-order valence-electron chi connectivity index (χ4n) is 3.72. The first-order chi connectivity index (χ1) is 10.8. The Bertz CT molecular complexity index is 763. The molecule has 1 N–H and O–H groups in total. The summed E-state index contributed by atoms with van der Waals surface area (Å²) in [5.41, 5.74) is 0.833. The molecule has 4 rings (SSSR count). The van der Waals surface area contributed by atoms with Gasteiger partial charge in [-0.15, -0.1) is 0 Å². The Hall–Kier alpha value is -2.62. The van der Waals surface area contributed by atoms with Crippen LogP contribution in [0.3, 0.4) is 0 Å². The van der Waals surface area contributed by atoms with Gasteiger partial charge in [-0.3, -0.25) is 4.79 Å². The second-order valence-electron chi connectivity index (χ2n) is 5.88. The smallest absolute Gasteiger partial charge is 0.237 e.